The highest BCUT2D eigenvalue weighted by atomic mass is 19.2. The van der Waals surface area contributed by atoms with E-state index in [1.165, 1.54) is 5.32 Å². The zero-order valence-corrected chi connectivity index (χ0v) is 10.3. The van der Waals surface area contributed by atoms with Crippen molar-refractivity contribution >= 4 is 17.7 Å². The maximum atomic E-state index is 13.3. The molecule has 21 heavy (non-hydrogen) atoms. The number of amides is 2. The number of aliphatic hydroxyl groups excluding tert-OH is 1. The number of anilines is 1. The van der Waals surface area contributed by atoms with Gasteiger partial charge in [0.2, 0.25) is 0 Å². The molecule has 116 valence electrons. The van der Waals surface area contributed by atoms with Crippen molar-refractivity contribution in [1.29, 1.82) is 0 Å². The second-order valence-corrected chi connectivity index (χ2v) is 3.84. The Bertz CT molecular complexity index is 541. The quantitative estimate of drug-likeness (QED) is 0.485. The molecule has 10 heteroatoms. The van der Waals surface area contributed by atoms with Crippen LogP contribution in [0.25, 0.3) is 0 Å². The van der Waals surface area contributed by atoms with Crippen LogP contribution in [0.5, 0.6) is 0 Å². The van der Waals surface area contributed by atoms with Crippen LogP contribution >= 0.6 is 0 Å². The van der Waals surface area contributed by atoms with Crippen molar-refractivity contribution in [2.45, 2.75) is 12.5 Å². The molecule has 4 N–H and O–H groups in total. The Labute approximate surface area is 115 Å². The lowest BCUT2D eigenvalue weighted by Crippen LogP contribution is -2.43. The number of rotatable bonds is 5. The van der Waals surface area contributed by atoms with Crippen LogP contribution in [0.2, 0.25) is 0 Å². The Morgan fingerprint density at radius 3 is 2.10 bits per heavy atom. The Kier molecular flexibility index (Phi) is 5.47. The molecule has 0 aromatic heterocycles. The van der Waals surface area contributed by atoms with Crippen LogP contribution < -0.4 is 10.6 Å². The van der Waals surface area contributed by atoms with Gasteiger partial charge in [0.15, 0.2) is 23.3 Å². The molecule has 0 saturated heterocycles. The normalized spacial score (nSPS) is 11.9. The number of carbonyl (C=O) groups excluding carboxylic acids is 1. The van der Waals surface area contributed by atoms with Crippen molar-refractivity contribution in [3.05, 3.63) is 29.3 Å². The maximum absolute atomic E-state index is 13.3. The first-order valence-electron chi connectivity index (χ1n) is 5.52. The molecular weight excluding hydrogens is 300 g/mol. The van der Waals surface area contributed by atoms with E-state index in [4.69, 9.17) is 10.2 Å². The molecule has 1 rings (SSSR count). The van der Waals surface area contributed by atoms with E-state index < -0.39 is 53.6 Å². The van der Waals surface area contributed by atoms with Gasteiger partial charge in [-0.3, -0.25) is 0 Å². The third-order valence-corrected chi connectivity index (χ3v) is 2.37. The standard InChI is InChI=1S/C11H10F4N2O4/c12-4-3-5(13)8(15)9(7(4)14)17-11(21)16-6(1-2-18)10(19)20/h3,6,18H,1-2H2,(H,19,20)(H2,16,17,21). The lowest BCUT2D eigenvalue weighted by Gasteiger charge is -2.15. The van der Waals surface area contributed by atoms with E-state index in [2.05, 4.69) is 0 Å². The Morgan fingerprint density at radius 2 is 1.67 bits per heavy atom. The maximum Gasteiger partial charge on any atom is 0.326 e. The fourth-order valence-corrected chi connectivity index (χ4v) is 1.38. The summed E-state index contributed by atoms with van der Waals surface area (Å²) in [5, 5.41) is 20.5. The summed E-state index contributed by atoms with van der Waals surface area (Å²) >= 11 is 0. The Hall–Kier alpha value is -2.36. The van der Waals surface area contributed by atoms with Crippen molar-refractivity contribution in [1.82, 2.24) is 5.32 Å². The Morgan fingerprint density at radius 1 is 1.14 bits per heavy atom. The number of hydrogen-bond donors (Lipinski definition) is 4. The molecule has 0 bridgehead atoms. The third-order valence-electron chi connectivity index (χ3n) is 2.37. The average Bonchev–Trinajstić information content (AvgIpc) is 2.41. The SMILES string of the molecule is O=C(Nc1c(F)c(F)cc(F)c1F)NC(CCO)C(=O)O. The van der Waals surface area contributed by atoms with E-state index in [0.29, 0.717) is 0 Å². The first-order chi connectivity index (χ1) is 9.77. The summed E-state index contributed by atoms with van der Waals surface area (Å²) in [5.41, 5.74) is -1.39. The smallest absolute Gasteiger partial charge is 0.326 e. The van der Waals surface area contributed by atoms with E-state index in [9.17, 15) is 27.2 Å². The van der Waals surface area contributed by atoms with Crippen molar-refractivity contribution in [2.75, 3.05) is 11.9 Å². The number of carboxylic acids is 1. The number of benzene rings is 1. The largest absolute Gasteiger partial charge is 0.480 e. The van der Waals surface area contributed by atoms with E-state index in [-0.39, 0.29) is 12.5 Å². The van der Waals surface area contributed by atoms with Gasteiger partial charge in [0.1, 0.15) is 11.7 Å². The predicted molar refractivity (Wildman–Crippen MR) is 61.6 cm³/mol. The van der Waals surface area contributed by atoms with Crippen molar-refractivity contribution < 1.29 is 37.4 Å². The topological polar surface area (TPSA) is 98.7 Å². The molecule has 0 spiro atoms. The number of hydrogen-bond acceptors (Lipinski definition) is 3. The summed E-state index contributed by atoms with van der Waals surface area (Å²) in [4.78, 5) is 22.1. The van der Waals surface area contributed by atoms with Crippen molar-refractivity contribution in [3.63, 3.8) is 0 Å². The van der Waals surface area contributed by atoms with Gasteiger partial charge in [0.05, 0.1) is 0 Å². The molecule has 0 fully saturated rings. The van der Waals surface area contributed by atoms with Gasteiger partial charge in [-0.1, -0.05) is 0 Å². The zero-order valence-electron chi connectivity index (χ0n) is 10.3. The number of carboxylic acid groups (broad SMARTS) is 1. The Balaban J connectivity index is 2.91. The average molecular weight is 310 g/mol. The van der Waals surface area contributed by atoms with Crippen LogP contribution in [-0.2, 0) is 4.79 Å². The van der Waals surface area contributed by atoms with E-state index in [0.717, 1.165) is 0 Å². The second kappa shape index (κ2) is 6.88. The van der Waals surface area contributed by atoms with E-state index in [1.807, 2.05) is 0 Å². The molecule has 1 aromatic rings. The lowest BCUT2D eigenvalue weighted by molar-refractivity contribution is -0.139. The van der Waals surface area contributed by atoms with Gasteiger partial charge in [-0.25, -0.2) is 27.2 Å². The van der Waals surface area contributed by atoms with Crippen LogP contribution in [0.3, 0.4) is 0 Å². The number of aliphatic hydroxyl groups is 1. The molecule has 2 amide bonds. The number of halogens is 4. The van der Waals surface area contributed by atoms with Gasteiger partial charge in [-0.2, -0.15) is 0 Å². The van der Waals surface area contributed by atoms with Crippen LogP contribution in [-0.4, -0.2) is 34.9 Å². The first-order valence-corrected chi connectivity index (χ1v) is 5.52. The fraction of sp³-hybridized carbons (Fsp3) is 0.273. The van der Waals surface area contributed by atoms with Crippen LogP contribution in [0.15, 0.2) is 6.07 Å². The number of urea groups is 1. The third kappa shape index (κ3) is 4.05. The minimum atomic E-state index is -1.84. The molecule has 1 unspecified atom stereocenters. The van der Waals surface area contributed by atoms with E-state index >= 15 is 0 Å². The minimum absolute atomic E-state index is 0.0421. The first kappa shape index (κ1) is 16.7. The number of nitrogens with one attached hydrogen (secondary N) is 2. The highest BCUT2D eigenvalue weighted by Gasteiger charge is 2.23. The molecule has 0 aliphatic heterocycles. The highest BCUT2D eigenvalue weighted by molar-refractivity contribution is 5.92. The second-order valence-electron chi connectivity index (χ2n) is 3.84. The molecule has 0 aliphatic carbocycles. The van der Waals surface area contributed by atoms with Gasteiger partial charge in [-0.05, 0) is 0 Å². The van der Waals surface area contributed by atoms with Gasteiger partial charge in [0.25, 0.3) is 0 Å². The highest BCUT2D eigenvalue weighted by Crippen LogP contribution is 2.23. The van der Waals surface area contributed by atoms with Gasteiger partial charge in [0, 0.05) is 19.1 Å². The van der Waals surface area contributed by atoms with Crippen molar-refractivity contribution in [2.24, 2.45) is 0 Å². The molecular formula is C11H10F4N2O4. The van der Waals surface area contributed by atoms with E-state index in [1.54, 1.807) is 5.32 Å². The molecule has 6 nitrogen and oxygen atoms in total. The molecule has 0 heterocycles. The summed E-state index contributed by atoms with van der Waals surface area (Å²) in [6.07, 6.45) is -0.370. The summed E-state index contributed by atoms with van der Waals surface area (Å²) in [5.74, 6) is -8.63. The van der Waals surface area contributed by atoms with Gasteiger partial charge in [-0.15, -0.1) is 0 Å². The summed E-state index contributed by atoms with van der Waals surface area (Å²) in [7, 11) is 0. The molecule has 0 saturated carbocycles. The molecule has 0 radical (unpaired) electrons. The zero-order chi connectivity index (χ0) is 16.2. The summed E-state index contributed by atoms with van der Waals surface area (Å²) in [6, 6.07) is -2.99. The van der Waals surface area contributed by atoms with Crippen molar-refractivity contribution in [3.8, 4) is 0 Å². The van der Waals surface area contributed by atoms with Crippen LogP contribution in [0.1, 0.15) is 6.42 Å². The molecule has 0 aliphatic rings. The molecule has 1 atom stereocenters. The predicted octanol–water partition coefficient (Wildman–Crippen LogP) is 1.20. The molecule has 1 aromatic carbocycles. The van der Waals surface area contributed by atoms with Gasteiger partial charge >= 0.3 is 12.0 Å². The number of aliphatic carboxylic acids is 1. The minimum Gasteiger partial charge on any atom is -0.480 e. The summed E-state index contributed by atoms with van der Waals surface area (Å²) < 4.78 is 52.3. The van der Waals surface area contributed by atoms with Crippen LogP contribution in [0.4, 0.5) is 28.0 Å². The van der Waals surface area contributed by atoms with Gasteiger partial charge < -0.3 is 20.8 Å². The summed E-state index contributed by atoms with van der Waals surface area (Å²) in [6.45, 7) is -0.575. The fourth-order valence-electron chi connectivity index (χ4n) is 1.38. The lowest BCUT2D eigenvalue weighted by atomic mass is 10.2. The monoisotopic (exact) mass is 310 g/mol. The number of carbonyl (C=O) groups is 2. The van der Waals surface area contributed by atoms with Crippen LogP contribution in [0, 0.1) is 23.3 Å².